The number of morpholine rings is 1. The first-order valence-electron chi connectivity index (χ1n) is 8.97. The number of anilines is 1. The number of thioether (sulfide) groups is 1. The van der Waals surface area contributed by atoms with E-state index in [9.17, 15) is 4.79 Å². The Kier molecular flexibility index (Phi) is 7.49. The molecular weight excluding hydrogens is 366 g/mol. The van der Waals surface area contributed by atoms with Crippen LogP contribution in [0.25, 0.3) is 11.3 Å². The Labute approximate surface area is 163 Å². The van der Waals surface area contributed by atoms with E-state index in [0.29, 0.717) is 10.9 Å². The number of aromatic nitrogens is 1. The summed E-state index contributed by atoms with van der Waals surface area (Å²) in [4.78, 5) is 19.0. The van der Waals surface area contributed by atoms with Gasteiger partial charge in [0.25, 0.3) is 0 Å². The van der Waals surface area contributed by atoms with Crippen LogP contribution in [0, 0.1) is 0 Å². The second-order valence-electron chi connectivity index (χ2n) is 6.14. The minimum Gasteiger partial charge on any atom is -0.379 e. The Morgan fingerprint density at radius 3 is 2.81 bits per heavy atom. The van der Waals surface area contributed by atoms with Crippen molar-refractivity contribution in [2.24, 2.45) is 0 Å². The van der Waals surface area contributed by atoms with E-state index < -0.39 is 0 Å². The SMILES string of the molecule is CCc1ccc(-c2csc(NC(=O)CSCCN3CCOCC3)n2)cc1. The Bertz CT molecular complexity index is 697. The highest BCUT2D eigenvalue weighted by atomic mass is 32.2. The van der Waals surface area contributed by atoms with Gasteiger partial charge in [0.15, 0.2) is 5.13 Å². The first-order valence-corrected chi connectivity index (χ1v) is 11.0. The molecule has 0 saturated carbocycles. The van der Waals surface area contributed by atoms with Gasteiger partial charge in [-0.3, -0.25) is 9.69 Å². The molecule has 0 unspecified atom stereocenters. The molecule has 1 aromatic heterocycles. The zero-order valence-electron chi connectivity index (χ0n) is 15.1. The predicted octanol–water partition coefficient (Wildman–Crippen LogP) is 3.38. The summed E-state index contributed by atoms with van der Waals surface area (Å²) in [5, 5.41) is 5.56. The topological polar surface area (TPSA) is 54.5 Å². The highest BCUT2D eigenvalue weighted by Gasteiger charge is 2.11. The van der Waals surface area contributed by atoms with Crippen LogP contribution in [-0.2, 0) is 16.0 Å². The lowest BCUT2D eigenvalue weighted by molar-refractivity contribution is -0.113. The largest absolute Gasteiger partial charge is 0.379 e. The maximum atomic E-state index is 12.1. The third-order valence-electron chi connectivity index (χ3n) is 4.30. The van der Waals surface area contributed by atoms with Crippen molar-refractivity contribution in [3.05, 3.63) is 35.2 Å². The fourth-order valence-corrected chi connectivity index (χ4v) is 4.24. The van der Waals surface area contributed by atoms with Gasteiger partial charge in [0.05, 0.1) is 24.7 Å². The van der Waals surface area contributed by atoms with Gasteiger partial charge in [-0.15, -0.1) is 11.3 Å². The fraction of sp³-hybridized carbons (Fsp3) is 0.474. The predicted molar refractivity (Wildman–Crippen MR) is 110 cm³/mol. The molecule has 3 rings (SSSR count). The summed E-state index contributed by atoms with van der Waals surface area (Å²) >= 11 is 3.13. The second kappa shape index (κ2) is 10.1. The quantitative estimate of drug-likeness (QED) is 0.699. The summed E-state index contributed by atoms with van der Waals surface area (Å²) in [6, 6.07) is 8.41. The number of ether oxygens (including phenoxy) is 1. The van der Waals surface area contributed by atoms with E-state index >= 15 is 0 Å². The number of nitrogens with zero attached hydrogens (tertiary/aromatic N) is 2. The molecule has 1 aliphatic heterocycles. The minimum absolute atomic E-state index is 0.0132. The molecular formula is C19H25N3O2S2. The summed E-state index contributed by atoms with van der Waals surface area (Å²) < 4.78 is 5.34. The van der Waals surface area contributed by atoms with Crippen LogP contribution >= 0.6 is 23.1 Å². The van der Waals surface area contributed by atoms with Crippen molar-refractivity contribution >= 4 is 34.1 Å². The van der Waals surface area contributed by atoms with E-state index in [1.54, 1.807) is 11.8 Å². The van der Waals surface area contributed by atoms with Gasteiger partial charge in [-0.05, 0) is 12.0 Å². The van der Waals surface area contributed by atoms with Gasteiger partial charge in [-0.2, -0.15) is 11.8 Å². The monoisotopic (exact) mass is 391 g/mol. The minimum atomic E-state index is 0.0132. The Hall–Kier alpha value is -1.41. The number of rotatable bonds is 8. The number of amides is 1. The zero-order valence-corrected chi connectivity index (χ0v) is 16.7. The van der Waals surface area contributed by atoms with Crippen molar-refractivity contribution in [1.82, 2.24) is 9.88 Å². The van der Waals surface area contributed by atoms with Crippen molar-refractivity contribution in [2.45, 2.75) is 13.3 Å². The number of carbonyl (C=O) groups excluding carboxylic acids is 1. The highest BCUT2D eigenvalue weighted by Crippen LogP contribution is 2.25. The van der Waals surface area contributed by atoms with E-state index in [1.165, 1.54) is 16.9 Å². The molecule has 5 nitrogen and oxygen atoms in total. The van der Waals surface area contributed by atoms with E-state index in [0.717, 1.165) is 56.3 Å². The number of hydrogen-bond acceptors (Lipinski definition) is 6. The van der Waals surface area contributed by atoms with Crippen LogP contribution in [0.3, 0.4) is 0 Å². The fourth-order valence-electron chi connectivity index (χ4n) is 2.71. The first-order chi connectivity index (χ1) is 12.7. The van der Waals surface area contributed by atoms with Crippen LogP contribution < -0.4 is 5.32 Å². The van der Waals surface area contributed by atoms with Crippen LogP contribution in [0.5, 0.6) is 0 Å². The van der Waals surface area contributed by atoms with E-state index in [1.807, 2.05) is 5.38 Å². The molecule has 2 aromatic rings. The average Bonchev–Trinajstić information content (AvgIpc) is 3.14. The van der Waals surface area contributed by atoms with E-state index in [4.69, 9.17) is 4.74 Å². The molecule has 0 atom stereocenters. The van der Waals surface area contributed by atoms with Gasteiger partial charge >= 0.3 is 0 Å². The van der Waals surface area contributed by atoms with Crippen molar-refractivity contribution in [2.75, 3.05) is 49.7 Å². The van der Waals surface area contributed by atoms with Crippen LogP contribution in [0.4, 0.5) is 5.13 Å². The van der Waals surface area contributed by atoms with Gasteiger partial charge < -0.3 is 10.1 Å². The molecule has 2 heterocycles. The third-order valence-corrected chi connectivity index (χ3v) is 5.99. The summed E-state index contributed by atoms with van der Waals surface area (Å²) in [6.45, 7) is 6.78. The standard InChI is InChI=1S/C19H25N3O2S2/c1-2-15-3-5-16(6-4-15)17-13-26-19(20-17)21-18(23)14-25-12-9-22-7-10-24-11-8-22/h3-6,13H,2,7-12,14H2,1H3,(H,20,21,23). The lowest BCUT2D eigenvalue weighted by atomic mass is 10.1. The van der Waals surface area contributed by atoms with Crippen molar-refractivity contribution in [3.8, 4) is 11.3 Å². The Morgan fingerprint density at radius 2 is 2.08 bits per heavy atom. The van der Waals surface area contributed by atoms with Crippen LogP contribution in [0.2, 0.25) is 0 Å². The maximum absolute atomic E-state index is 12.1. The molecule has 1 aliphatic rings. The Morgan fingerprint density at radius 1 is 1.31 bits per heavy atom. The molecule has 1 N–H and O–H groups in total. The van der Waals surface area contributed by atoms with Crippen LogP contribution in [0.1, 0.15) is 12.5 Å². The molecule has 26 heavy (non-hydrogen) atoms. The number of benzene rings is 1. The number of aryl methyl sites for hydroxylation is 1. The summed E-state index contributed by atoms with van der Waals surface area (Å²) in [7, 11) is 0. The third kappa shape index (κ3) is 5.81. The zero-order chi connectivity index (χ0) is 18.2. The maximum Gasteiger partial charge on any atom is 0.236 e. The van der Waals surface area contributed by atoms with Crippen molar-refractivity contribution in [3.63, 3.8) is 0 Å². The molecule has 1 fully saturated rings. The number of nitrogens with one attached hydrogen (secondary N) is 1. The summed E-state index contributed by atoms with van der Waals surface area (Å²) in [6.07, 6.45) is 1.03. The number of thiazole rings is 1. The number of carbonyl (C=O) groups is 1. The van der Waals surface area contributed by atoms with E-state index in [-0.39, 0.29) is 5.91 Å². The summed E-state index contributed by atoms with van der Waals surface area (Å²) in [5.74, 6) is 1.43. The highest BCUT2D eigenvalue weighted by molar-refractivity contribution is 7.99. The molecule has 1 amide bonds. The van der Waals surface area contributed by atoms with Gasteiger partial charge in [-0.25, -0.2) is 4.98 Å². The molecule has 140 valence electrons. The lowest BCUT2D eigenvalue weighted by Gasteiger charge is -2.26. The molecule has 0 bridgehead atoms. The van der Waals surface area contributed by atoms with Gasteiger partial charge in [0, 0.05) is 36.3 Å². The number of hydrogen-bond donors (Lipinski definition) is 1. The molecule has 1 aromatic carbocycles. The molecule has 0 aliphatic carbocycles. The second-order valence-corrected chi connectivity index (χ2v) is 8.11. The van der Waals surface area contributed by atoms with Gasteiger partial charge in [-0.1, -0.05) is 31.2 Å². The normalized spacial score (nSPS) is 15.1. The molecule has 7 heteroatoms. The Balaban J connectivity index is 1.40. The van der Waals surface area contributed by atoms with Gasteiger partial charge in [0.2, 0.25) is 5.91 Å². The van der Waals surface area contributed by atoms with Crippen LogP contribution in [0.15, 0.2) is 29.6 Å². The lowest BCUT2D eigenvalue weighted by Crippen LogP contribution is -2.37. The molecule has 0 spiro atoms. The van der Waals surface area contributed by atoms with Crippen LogP contribution in [-0.4, -0.2) is 60.1 Å². The molecule has 0 radical (unpaired) electrons. The summed E-state index contributed by atoms with van der Waals surface area (Å²) in [5.41, 5.74) is 3.30. The van der Waals surface area contributed by atoms with Crippen molar-refractivity contribution < 1.29 is 9.53 Å². The van der Waals surface area contributed by atoms with E-state index in [2.05, 4.69) is 46.4 Å². The molecule has 1 saturated heterocycles. The smallest absolute Gasteiger partial charge is 0.236 e. The first kappa shape index (κ1) is 19.4. The van der Waals surface area contributed by atoms with Crippen molar-refractivity contribution in [1.29, 1.82) is 0 Å². The van der Waals surface area contributed by atoms with Gasteiger partial charge in [0.1, 0.15) is 0 Å². The average molecular weight is 392 g/mol.